The lowest BCUT2D eigenvalue weighted by atomic mass is 10.2. The van der Waals surface area contributed by atoms with Crippen LogP contribution in [-0.4, -0.2) is 38.2 Å². The Balaban J connectivity index is 2.46. The van der Waals surface area contributed by atoms with E-state index in [-0.39, 0.29) is 11.6 Å². The van der Waals surface area contributed by atoms with Crippen LogP contribution in [0, 0.1) is 0 Å². The molecule has 0 fully saturated rings. The van der Waals surface area contributed by atoms with E-state index in [1.54, 1.807) is 6.08 Å². The Morgan fingerprint density at radius 2 is 2.12 bits per heavy atom. The van der Waals surface area contributed by atoms with Crippen molar-refractivity contribution in [2.45, 2.75) is 51.1 Å². The second kappa shape index (κ2) is 4.92. The minimum absolute atomic E-state index is 0.106. The van der Waals surface area contributed by atoms with E-state index in [0.717, 1.165) is 0 Å². The first-order valence-corrected chi connectivity index (χ1v) is 8.75. The number of ether oxygens (including phenoxy) is 1. The SMILES string of the molecule is CC(C)(C)[Si](C)(C)OC[C@H](O)[C@H]1C=CC(=O)O1. The van der Waals surface area contributed by atoms with E-state index in [1.165, 1.54) is 6.08 Å². The van der Waals surface area contributed by atoms with Gasteiger partial charge in [0.1, 0.15) is 12.2 Å². The standard InChI is InChI=1S/C12H22O4Si/c1-12(2,3)17(4,5)15-8-9(13)10-6-7-11(14)16-10/h6-7,9-10,13H,8H2,1-5H3/t9-,10+/m0/s1. The van der Waals surface area contributed by atoms with Gasteiger partial charge in [0.2, 0.25) is 0 Å². The van der Waals surface area contributed by atoms with Gasteiger partial charge in [-0.1, -0.05) is 20.8 Å². The fourth-order valence-corrected chi connectivity index (χ4v) is 2.22. The molecule has 1 aliphatic rings. The first kappa shape index (κ1) is 14.4. The predicted octanol–water partition coefficient (Wildman–Crippen LogP) is 1.85. The second-order valence-corrected chi connectivity index (χ2v) is 10.7. The van der Waals surface area contributed by atoms with Gasteiger partial charge in [-0.3, -0.25) is 0 Å². The minimum atomic E-state index is -1.86. The summed E-state index contributed by atoms with van der Waals surface area (Å²) < 4.78 is 10.8. The van der Waals surface area contributed by atoms with Crippen LogP contribution in [-0.2, 0) is 14.0 Å². The van der Waals surface area contributed by atoms with Gasteiger partial charge in [0.25, 0.3) is 0 Å². The normalized spacial score (nSPS) is 22.7. The molecular formula is C12H22O4Si. The van der Waals surface area contributed by atoms with Crippen molar-refractivity contribution in [2.75, 3.05) is 6.61 Å². The summed E-state index contributed by atoms with van der Waals surface area (Å²) in [4.78, 5) is 10.9. The summed E-state index contributed by atoms with van der Waals surface area (Å²) in [5.41, 5.74) is 0. The molecule has 17 heavy (non-hydrogen) atoms. The molecule has 0 aliphatic carbocycles. The summed E-state index contributed by atoms with van der Waals surface area (Å²) in [5.74, 6) is -0.402. The number of hydrogen-bond acceptors (Lipinski definition) is 4. The highest BCUT2D eigenvalue weighted by Gasteiger charge is 2.38. The lowest BCUT2D eigenvalue weighted by Crippen LogP contribution is -2.44. The molecule has 0 aromatic heterocycles. The molecule has 1 aliphatic heterocycles. The molecule has 0 saturated carbocycles. The van der Waals surface area contributed by atoms with Crippen LogP contribution in [0.4, 0.5) is 0 Å². The lowest BCUT2D eigenvalue weighted by molar-refractivity contribution is -0.143. The van der Waals surface area contributed by atoms with E-state index in [4.69, 9.17) is 9.16 Å². The molecule has 2 atom stereocenters. The molecule has 1 heterocycles. The highest BCUT2D eigenvalue weighted by Crippen LogP contribution is 2.36. The second-order valence-electron chi connectivity index (χ2n) is 5.90. The summed E-state index contributed by atoms with van der Waals surface area (Å²) in [6.07, 6.45) is 1.56. The maximum atomic E-state index is 10.9. The van der Waals surface area contributed by atoms with Crippen LogP contribution in [0.2, 0.25) is 18.1 Å². The van der Waals surface area contributed by atoms with Crippen LogP contribution in [0.3, 0.4) is 0 Å². The van der Waals surface area contributed by atoms with Crippen LogP contribution in [0.15, 0.2) is 12.2 Å². The number of aliphatic hydroxyl groups is 1. The Labute approximate surface area is 104 Å². The van der Waals surface area contributed by atoms with Gasteiger partial charge < -0.3 is 14.3 Å². The van der Waals surface area contributed by atoms with Crippen LogP contribution < -0.4 is 0 Å². The van der Waals surface area contributed by atoms with Crippen LogP contribution in [0.5, 0.6) is 0 Å². The molecule has 5 heteroatoms. The van der Waals surface area contributed by atoms with E-state index in [9.17, 15) is 9.90 Å². The minimum Gasteiger partial charge on any atom is -0.452 e. The first-order chi connectivity index (χ1) is 7.63. The number of esters is 1. The van der Waals surface area contributed by atoms with Gasteiger partial charge in [-0.05, 0) is 24.2 Å². The molecule has 0 saturated heterocycles. The van der Waals surface area contributed by atoms with Gasteiger partial charge >= 0.3 is 5.97 Å². The fourth-order valence-electron chi connectivity index (χ4n) is 1.20. The number of hydrogen-bond donors (Lipinski definition) is 1. The van der Waals surface area contributed by atoms with Gasteiger partial charge in [-0.2, -0.15) is 0 Å². The van der Waals surface area contributed by atoms with Gasteiger partial charge in [0.05, 0.1) is 6.61 Å². The highest BCUT2D eigenvalue weighted by atomic mass is 28.4. The maximum absolute atomic E-state index is 10.9. The van der Waals surface area contributed by atoms with Gasteiger partial charge in [-0.15, -0.1) is 0 Å². The van der Waals surface area contributed by atoms with Crippen LogP contribution in [0.25, 0.3) is 0 Å². The summed E-state index contributed by atoms with van der Waals surface area (Å²) in [6, 6.07) is 0. The van der Waals surface area contributed by atoms with Crippen molar-refractivity contribution >= 4 is 14.3 Å². The van der Waals surface area contributed by atoms with Gasteiger partial charge in [-0.25, -0.2) is 4.79 Å². The zero-order valence-electron chi connectivity index (χ0n) is 11.2. The molecule has 0 amide bonds. The highest BCUT2D eigenvalue weighted by molar-refractivity contribution is 6.74. The van der Waals surface area contributed by atoms with Crippen molar-refractivity contribution in [3.05, 3.63) is 12.2 Å². The molecular weight excluding hydrogens is 236 g/mol. The van der Waals surface area contributed by atoms with Crippen molar-refractivity contribution in [3.8, 4) is 0 Å². The third-order valence-corrected chi connectivity index (χ3v) is 7.98. The number of rotatable bonds is 4. The summed E-state index contributed by atoms with van der Waals surface area (Å²) in [5, 5.41) is 9.97. The van der Waals surface area contributed by atoms with E-state index in [2.05, 4.69) is 33.9 Å². The fraction of sp³-hybridized carbons (Fsp3) is 0.750. The number of carbonyl (C=O) groups is 1. The molecule has 0 spiro atoms. The number of cyclic esters (lactones) is 1. The Bertz CT molecular complexity index is 317. The molecule has 0 aromatic rings. The lowest BCUT2D eigenvalue weighted by Gasteiger charge is -2.37. The molecule has 0 aromatic carbocycles. The molecule has 0 unspecified atom stereocenters. The van der Waals surface area contributed by atoms with E-state index < -0.39 is 26.5 Å². The van der Waals surface area contributed by atoms with Crippen molar-refractivity contribution in [2.24, 2.45) is 0 Å². The van der Waals surface area contributed by atoms with Crippen molar-refractivity contribution in [1.82, 2.24) is 0 Å². The average molecular weight is 258 g/mol. The van der Waals surface area contributed by atoms with Gasteiger partial charge in [0.15, 0.2) is 8.32 Å². The zero-order chi connectivity index (χ0) is 13.3. The van der Waals surface area contributed by atoms with E-state index in [0.29, 0.717) is 0 Å². The smallest absolute Gasteiger partial charge is 0.331 e. The molecule has 0 radical (unpaired) electrons. The largest absolute Gasteiger partial charge is 0.452 e. The molecule has 0 bridgehead atoms. The summed E-state index contributed by atoms with van der Waals surface area (Å²) in [7, 11) is -1.86. The third-order valence-electron chi connectivity index (χ3n) is 3.47. The molecule has 98 valence electrons. The van der Waals surface area contributed by atoms with Crippen molar-refractivity contribution in [3.63, 3.8) is 0 Å². The molecule has 1 N–H and O–H groups in total. The first-order valence-electron chi connectivity index (χ1n) is 5.84. The Kier molecular flexibility index (Phi) is 4.17. The van der Waals surface area contributed by atoms with Crippen molar-refractivity contribution in [1.29, 1.82) is 0 Å². The van der Waals surface area contributed by atoms with Crippen LogP contribution >= 0.6 is 0 Å². The maximum Gasteiger partial charge on any atom is 0.331 e. The Hall–Kier alpha value is -0.653. The monoisotopic (exact) mass is 258 g/mol. The van der Waals surface area contributed by atoms with Gasteiger partial charge in [0, 0.05) is 6.08 Å². The summed E-state index contributed by atoms with van der Waals surface area (Å²) in [6.45, 7) is 10.9. The van der Waals surface area contributed by atoms with Crippen molar-refractivity contribution < 1.29 is 19.1 Å². The van der Waals surface area contributed by atoms with E-state index in [1.807, 2.05) is 0 Å². The third kappa shape index (κ3) is 3.66. The number of aliphatic hydroxyl groups excluding tert-OH is 1. The van der Waals surface area contributed by atoms with E-state index >= 15 is 0 Å². The molecule has 4 nitrogen and oxygen atoms in total. The summed E-state index contributed by atoms with van der Waals surface area (Å²) >= 11 is 0. The molecule has 1 rings (SSSR count). The predicted molar refractivity (Wildman–Crippen MR) is 68.2 cm³/mol. The topological polar surface area (TPSA) is 55.8 Å². The number of carbonyl (C=O) groups excluding carboxylic acids is 1. The van der Waals surface area contributed by atoms with Crippen LogP contribution in [0.1, 0.15) is 20.8 Å². The quantitative estimate of drug-likeness (QED) is 0.617. The Morgan fingerprint density at radius 1 is 1.53 bits per heavy atom. The Morgan fingerprint density at radius 3 is 2.53 bits per heavy atom. The zero-order valence-corrected chi connectivity index (χ0v) is 12.2. The average Bonchev–Trinajstić information content (AvgIpc) is 2.59.